The topological polar surface area (TPSA) is 17.1 Å². The fourth-order valence-electron chi connectivity index (χ4n) is 1.38. The zero-order valence-electron chi connectivity index (χ0n) is 9.62. The zero-order valence-corrected chi connectivity index (χ0v) is 10.4. The van der Waals surface area contributed by atoms with E-state index in [1.165, 1.54) is 23.7 Å². The lowest BCUT2D eigenvalue weighted by Crippen LogP contribution is -1.95. The van der Waals surface area contributed by atoms with Gasteiger partial charge in [0.2, 0.25) is 5.12 Å². The normalized spacial score (nSPS) is 10.7. The molecule has 0 saturated carbocycles. The maximum Gasteiger partial charge on any atom is 0.219 e. The summed E-state index contributed by atoms with van der Waals surface area (Å²) in [7, 11) is 0. The molecule has 1 rings (SSSR count). The lowest BCUT2D eigenvalue weighted by molar-refractivity contribution is 0.108. The molecular weight excluding hydrogens is 204 g/mol. The van der Waals surface area contributed by atoms with Crippen molar-refractivity contribution in [3.8, 4) is 0 Å². The van der Waals surface area contributed by atoms with Crippen LogP contribution in [0.2, 0.25) is 0 Å². The molecule has 0 amide bonds. The molecule has 0 aliphatic rings. The van der Waals surface area contributed by atoms with Gasteiger partial charge in [0.05, 0.1) is 0 Å². The van der Waals surface area contributed by atoms with E-state index in [-0.39, 0.29) is 5.12 Å². The Hall–Kier alpha value is -0.760. The third kappa shape index (κ3) is 4.08. The van der Waals surface area contributed by atoms with Gasteiger partial charge in [-0.3, -0.25) is 4.79 Å². The van der Waals surface area contributed by atoms with E-state index in [2.05, 4.69) is 26.0 Å². The van der Waals surface area contributed by atoms with Gasteiger partial charge in [-0.2, -0.15) is 0 Å². The van der Waals surface area contributed by atoms with Crippen molar-refractivity contribution in [3.63, 3.8) is 0 Å². The van der Waals surface area contributed by atoms with E-state index in [0.29, 0.717) is 0 Å². The summed E-state index contributed by atoms with van der Waals surface area (Å²) in [5.74, 6) is 0.734. The second kappa shape index (κ2) is 5.96. The molecule has 0 atom stereocenters. The van der Waals surface area contributed by atoms with E-state index in [0.717, 1.165) is 17.9 Å². The molecule has 0 unspecified atom stereocenters. The van der Waals surface area contributed by atoms with Crippen molar-refractivity contribution in [1.29, 1.82) is 0 Å². The summed E-state index contributed by atoms with van der Waals surface area (Å²) < 4.78 is 0. The Bertz CT molecular complexity index is 314. The molecule has 2 heteroatoms. The smallest absolute Gasteiger partial charge is 0.219 e. The minimum absolute atomic E-state index is 0.144. The summed E-state index contributed by atoms with van der Waals surface area (Å²) in [6, 6.07) is 7.97. The molecule has 0 N–H and O–H groups in total. The molecule has 0 spiro atoms. The Balaban J connectivity index is 2.60. The van der Waals surface area contributed by atoms with Gasteiger partial charge >= 0.3 is 0 Å². The number of hydrogen-bond donors (Lipinski definition) is 0. The summed E-state index contributed by atoms with van der Waals surface area (Å²) >= 11 is 1.26. The number of hydrogen-bond acceptors (Lipinski definition) is 2. The number of thioether (sulfide) groups is 1. The van der Waals surface area contributed by atoms with Crippen LogP contribution >= 0.6 is 11.8 Å². The zero-order chi connectivity index (χ0) is 11.3. The van der Waals surface area contributed by atoms with Gasteiger partial charge in [-0.1, -0.05) is 49.9 Å². The molecule has 1 nitrogen and oxygen atoms in total. The van der Waals surface area contributed by atoms with Crippen LogP contribution in [0.5, 0.6) is 0 Å². The van der Waals surface area contributed by atoms with E-state index in [9.17, 15) is 4.79 Å². The first-order chi connectivity index (χ1) is 7.13. The second-order valence-corrected chi connectivity index (χ2v) is 4.90. The van der Waals surface area contributed by atoms with E-state index in [1.807, 2.05) is 18.4 Å². The molecule has 0 radical (unpaired) electrons. The third-order valence-electron chi connectivity index (χ3n) is 2.39. The van der Waals surface area contributed by atoms with Gasteiger partial charge < -0.3 is 0 Å². The molecule has 1 aromatic rings. The van der Waals surface area contributed by atoms with E-state index < -0.39 is 0 Å². The maximum atomic E-state index is 11.4. The molecular formula is C13H18OS. The molecule has 1 aromatic carbocycles. The van der Waals surface area contributed by atoms with Crippen LogP contribution in [0, 0.1) is 5.92 Å². The average molecular weight is 222 g/mol. The van der Waals surface area contributed by atoms with Crippen molar-refractivity contribution in [2.45, 2.75) is 26.7 Å². The average Bonchev–Trinajstić information content (AvgIpc) is 2.26. The third-order valence-corrected chi connectivity index (χ3v) is 2.99. The van der Waals surface area contributed by atoms with Gasteiger partial charge in [0.25, 0.3) is 0 Å². The quantitative estimate of drug-likeness (QED) is 0.771. The van der Waals surface area contributed by atoms with Gasteiger partial charge in [-0.15, -0.1) is 0 Å². The minimum Gasteiger partial charge on any atom is -0.282 e. The highest BCUT2D eigenvalue weighted by molar-refractivity contribution is 8.13. The number of aryl methyl sites for hydroxylation is 1. The molecule has 0 aliphatic carbocycles. The first-order valence-electron chi connectivity index (χ1n) is 5.30. The summed E-state index contributed by atoms with van der Waals surface area (Å²) in [6.07, 6.45) is 4.12. The Morgan fingerprint density at radius 1 is 1.27 bits per heavy atom. The highest BCUT2D eigenvalue weighted by Gasteiger charge is 2.03. The first kappa shape index (κ1) is 12.3. The van der Waals surface area contributed by atoms with Crippen LogP contribution in [0.1, 0.15) is 36.2 Å². The molecule has 15 heavy (non-hydrogen) atoms. The minimum atomic E-state index is 0.144. The van der Waals surface area contributed by atoms with Crippen LogP contribution in [0.3, 0.4) is 0 Å². The van der Waals surface area contributed by atoms with Crippen LogP contribution < -0.4 is 0 Å². The van der Waals surface area contributed by atoms with Gasteiger partial charge in [-0.25, -0.2) is 0 Å². The standard InChI is InChI=1S/C13H18OS/c1-10(2)4-5-11-6-8-12(9-7-11)13(14)15-3/h6-10H,4-5H2,1-3H3. The number of carbonyl (C=O) groups is 1. The summed E-state index contributed by atoms with van der Waals surface area (Å²) in [5.41, 5.74) is 2.12. The molecule has 0 saturated heterocycles. The molecule has 0 fully saturated rings. The fourth-order valence-corrected chi connectivity index (χ4v) is 1.75. The highest BCUT2D eigenvalue weighted by atomic mass is 32.2. The van der Waals surface area contributed by atoms with Gasteiger partial charge in [0.1, 0.15) is 0 Å². The summed E-state index contributed by atoms with van der Waals surface area (Å²) in [4.78, 5) is 11.4. The number of carbonyl (C=O) groups excluding carboxylic acids is 1. The fraction of sp³-hybridized carbons (Fsp3) is 0.462. The van der Waals surface area contributed by atoms with Crippen LogP contribution in [0.4, 0.5) is 0 Å². The lowest BCUT2D eigenvalue weighted by atomic mass is 10.0. The van der Waals surface area contributed by atoms with Crippen molar-refractivity contribution >= 4 is 16.9 Å². The van der Waals surface area contributed by atoms with Gasteiger partial charge in [0, 0.05) is 5.56 Å². The van der Waals surface area contributed by atoms with Crippen LogP contribution in [-0.4, -0.2) is 11.4 Å². The molecule has 0 heterocycles. The van der Waals surface area contributed by atoms with E-state index in [4.69, 9.17) is 0 Å². The highest BCUT2D eigenvalue weighted by Crippen LogP contribution is 2.13. The Morgan fingerprint density at radius 2 is 1.87 bits per heavy atom. The SMILES string of the molecule is CSC(=O)c1ccc(CCC(C)C)cc1. The Kier molecular flexibility index (Phi) is 4.89. The van der Waals surface area contributed by atoms with E-state index in [1.54, 1.807) is 0 Å². The maximum absolute atomic E-state index is 11.4. The number of benzene rings is 1. The predicted octanol–water partition coefficient (Wildman–Crippen LogP) is 3.78. The van der Waals surface area contributed by atoms with Crippen LogP contribution in [-0.2, 0) is 6.42 Å². The van der Waals surface area contributed by atoms with Crippen molar-refractivity contribution in [2.24, 2.45) is 5.92 Å². The van der Waals surface area contributed by atoms with Crippen molar-refractivity contribution in [2.75, 3.05) is 6.26 Å². The molecule has 0 bridgehead atoms. The van der Waals surface area contributed by atoms with Gasteiger partial charge in [-0.05, 0) is 30.6 Å². The van der Waals surface area contributed by atoms with Crippen molar-refractivity contribution < 1.29 is 4.79 Å². The van der Waals surface area contributed by atoms with Gasteiger partial charge in [0.15, 0.2) is 0 Å². The molecule has 0 aliphatic heterocycles. The first-order valence-corrected chi connectivity index (χ1v) is 6.53. The Morgan fingerprint density at radius 3 is 2.33 bits per heavy atom. The summed E-state index contributed by atoms with van der Waals surface area (Å²) in [6.45, 7) is 4.46. The van der Waals surface area contributed by atoms with Crippen molar-refractivity contribution in [3.05, 3.63) is 35.4 Å². The van der Waals surface area contributed by atoms with E-state index >= 15 is 0 Å². The number of rotatable bonds is 4. The second-order valence-electron chi connectivity index (χ2n) is 4.12. The predicted molar refractivity (Wildman–Crippen MR) is 67.4 cm³/mol. The molecule has 82 valence electrons. The Labute approximate surface area is 96.3 Å². The summed E-state index contributed by atoms with van der Waals surface area (Å²) in [5, 5.41) is 0.144. The lowest BCUT2D eigenvalue weighted by Gasteiger charge is -2.05. The van der Waals surface area contributed by atoms with Crippen LogP contribution in [0.15, 0.2) is 24.3 Å². The monoisotopic (exact) mass is 222 g/mol. The van der Waals surface area contributed by atoms with Crippen molar-refractivity contribution in [1.82, 2.24) is 0 Å². The molecule has 0 aromatic heterocycles. The largest absolute Gasteiger partial charge is 0.282 e. The van der Waals surface area contributed by atoms with Crippen LogP contribution in [0.25, 0.3) is 0 Å².